The summed E-state index contributed by atoms with van der Waals surface area (Å²) in [7, 11) is 0. The predicted octanol–water partition coefficient (Wildman–Crippen LogP) is 1.43. The second kappa shape index (κ2) is 5.39. The number of hydrogen-bond acceptors (Lipinski definition) is 3. The first kappa shape index (κ1) is 13.5. The van der Waals surface area contributed by atoms with Crippen molar-refractivity contribution in [2.45, 2.75) is 40.2 Å². The van der Waals surface area contributed by atoms with Crippen molar-refractivity contribution in [1.29, 1.82) is 0 Å². The molecule has 0 fully saturated rings. The maximum absolute atomic E-state index is 11.9. The van der Waals surface area contributed by atoms with Crippen molar-refractivity contribution in [2.24, 2.45) is 5.41 Å². The molecule has 0 heterocycles. The Labute approximate surface area is 91.1 Å². The third-order valence-corrected chi connectivity index (χ3v) is 2.79. The molecule has 0 saturated heterocycles. The summed E-state index contributed by atoms with van der Waals surface area (Å²) >= 11 is 4.06. The van der Waals surface area contributed by atoms with Crippen LogP contribution in [-0.4, -0.2) is 23.5 Å². The average molecular weight is 217 g/mol. The number of carbonyl (C=O) groups excluding carboxylic acids is 2. The number of amides is 1. The van der Waals surface area contributed by atoms with Gasteiger partial charge in [-0.1, -0.05) is 20.8 Å². The third kappa shape index (κ3) is 3.70. The van der Waals surface area contributed by atoms with Crippen molar-refractivity contribution in [2.75, 3.05) is 5.75 Å². The lowest BCUT2D eigenvalue weighted by Gasteiger charge is -2.26. The molecule has 1 atom stereocenters. The number of thiol groups is 1. The van der Waals surface area contributed by atoms with Crippen molar-refractivity contribution in [3.8, 4) is 0 Å². The van der Waals surface area contributed by atoms with E-state index in [2.05, 4.69) is 17.9 Å². The van der Waals surface area contributed by atoms with Crippen LogP contribution in [0.5, 0.6) is 0 Å². The van der Waals surface area contributed by atoms with Gasteiger partial charge in [-0.05, 0) is 6.42 Å². The van der Waals surface area contributed by atoms with Gasteiger partial charge in [-0.3, -0.25) is 9.59 Å². The maximum atomic E-state index is 11.9. The first-order valence-corrected chi connectivity index (χ1v) is 5.40. The summed E-state index contributed by atoms with van der Waals surface area (Å²) < 4.78 is 0. The number of hydrogen-bond donors (Lipinski definition) is 2. The van der Waals surface area contributed by atoms with Crippen molar-refractivity contribution in [3.63, 3.8) is 0 Å². The van der Waals surface area contributed by atoms with E-state index in [1.807, 2.05) is 20.8 Å². The normalized spacial score (nSPS) is 13.5. The Balaban J connectivity index is 4.54. The van der Waals surface area contributed by atoms with Crippen LogP contribution < -0.4 is 5.32 Å². The van der Waals surface area contributed by atoms with Crippen LogP contribution in [0.2, 0.25) is 0 Å². The summed E-state index contributed by atoms with van der Waals surface area (Å²) in [6.45, 7) is 7.13. The first-order valence-electron chi connectivity index (χ1n) is 4.77. The van der Waals surface area contributed by atoms with Crippen LogP contribution in [0.1, 0.15) is 34.1 Å². The zero-order valence-electron chi connectivity index (χ0n) is 9.26. The van der Waals surface area contributed by atoms with Gasteiger partial charge >= 0.3 is 0 Å². The third-order valence-electron chi connectivity index (χ3n) is 2.43. The summed E-state index contributed by atoms with van der Waals surface area (Å²) in [6.07, 6.45) is 0.760. The number of ketones is 1. The van der Waals surface area contributed by atoms with E-state index >= 15 is 0 Å². The van der Waals surface area contributed by atoms with Gasteiger partial charge in [-0.15, -0.1) is 0 Å². The van der Waals surface area contributed by atoms with Gasteiger partial charge in [0.15, 0.2) is 5.78 Å². The van der Waals surface area contributed by atoms with Crippen LogP contribution >= 0.6 is 12.6 Å². The second-order valence-corrected chi connectivity index (χ2v) is 4.40. The minimum Gasteiger partial charge on any atom is -0.346 e. The molecule has 4 heteroatoms. The van der Waals surface area contributed by atoms with Crippen molar-refractivity contribution in [1.82, 2.24) is 5.32 Å². The SMILES string of the molecule is CCC(C)(C)C(=O)[C@@H](CS)NC(C)=O. The van der Waals surface area contributed by atoms with Gasteiger partial charge in [-0.25, -0.2) is 0 Å². The molecule has 0 aliphatic carbocycles. The van der Waals surface area contributed by atoms with E-state index in [0.29, 0.717) is 5.75 Å². The Morgan fingerprint density at radius 3 is 2.21 bits per heavy atom. The Bertz CT molecular complexity index is 226. The monoisotopic (exact) mass is 217 g/mol. The molecule has 0 spiro atoms. The molecule has 1 N–H and O–H groups in total. The first-order chi connectivity index (χ1) is 6.35. The number of nitrogens with one attached hydrogen (secondary N) is 1. The van der Waals surface area contributed by atoms with E-state index in [1.165, 1.54) is 6.92 Å². The van der Waals surface area contributed by atoms with E-state index in [1.54, 1.807) is 0 Å². The van der Waals surface area contributed by atoms with Gasteiger partial charge in [-0.2, -0.15) is 12.6 Å². The van der Waals surface area contributed by atoms with Crippen LogP contribution in [0.15, 0.2) is 0 Å². The van der Waals surface area contributed by atoms with Gasteiger partial charge in [0, 0.05) is 18.1 Å². The standard InChI is InChI=1S/C10H19NO2S/c1-5-10(3,4)9(13)8(6-14)11-7(2)12/h8,14H,5-6H2,1-4H3,(H,11,12)/t8-/m1/s1. The van der Waals surface area contributed by atoms with Crippen LogP contribution in [0.4, 0.5) is 0 Å². The summed E-state index contributed by atoms with van der Waals surface area (Å²) in [5.41, 5.74) is -0.393. The van der Waals surface area contributed by atoms with Crippen molar-refractivity contribution < 1.29 is 9.59 Å². The lowest BCUT2D eigenvalue weighted by molar-refractivity contribution is -0.132. The van der Waals surface area contributed by atoms with E-state index < -0.39 is 11.5 Å². The van der Waals surface area contributed by atoms with E-state index in [-0.39, 0.29) is 11.7 Å². The molecule has 0 rings (SSSR count). The van der Waals surface area contributed by atoms with Gasteiger partial charge in [0.25, 0.3) is 0 Å². The molecule has 1 amide bonds. The predicted molar refractivity (Wildman–Crippen MR) is 60.5 cm³/mol. The van der Waals surface area contributed by atoms with Crippen molar-refractivity contribution >= 4 is 24.3 Å². The van der Waals surface area contributed by atoms with E-state index in [9.17, 15) is 9.59 Å². The summed E-state index contributed by atoms with van der Waals surface area (Å²) in [4.78, 5) is 22.7. The Morgan fingerprint density at radius 2 is 1.93 bits per heavy atom. The maximum Gasteiger partial charge on any atom is 0.217 e. The Kier molecular flexibility index (Phi) is 5.19. The molecule has 82 valence electrons. The van der Waals surface area contributed by atoms with Gasteiger partial charge in [0.05, 0.1) is 6.04 Å². The zero-order chi connectivity index (χ0) is 11.4. The van der Waals surface area contributed by atoms with E-state index in [4.69, 9.17) is 0 Å². The molecular weight excluding hydrogens is 198 g/mol. The fourth-order valence-electron chi connectivity index (χ4n) is 1.09. The molecule has 0 radical (unpaired) electrons. The molecule has 0 aliphatic rings. The highest BCUT2D eigenvalue weighted by molar-refractivity contribution is 7.80. The molecule has 0 aromatic carbocycles. The molecule has 0 aliphatic heterocycles. The minimum absolute atomic E-state index is 0.0465. The van der Waals surface area contributed by atoms with Crippen LogP contribution in [0.3, 0.4) is 0 Å². The smallest absolute Gasteiger partial charge is 0.217 e. The number of carbonyl (C=O) groups is 2. The Morgan fingerprint density at radius 1 is 1.43 bits per heavy atom. The molecule has 0 bridgehead atoms. The second-order valence-electron chi connectivity index (χ2n) is 4.04. The summed E-state index contributed by atoms with van der Waals surface area (Å²) in [6, 6.07) is -0.467. The highest BCUT2D eigenvalue weighted by atomic mass is 32.1. The van der Waals surface area contributed by atoms with Gasteiger partial charge in [0.1, 0.15) is 0 Å². The number of rotatable bonds is 5. The Hall–Kier alpha value is -0.510. The van der Waals surface area contributed by atoms with Crippen LogP contribution in [0.25, 0.3) is 0 Å². The van der Waals surface area contributed by atoms with Gasteiger partial charge in [0.2, 0.25) is 5.91 Å². The van der Waals surface area contributed by atoms with Crippen LogP contribution in [0, 0.1) is 5.41 Å². The fourth-order valence-corrected chi connectivity index (χ4v) is 1.34. The average Bonchev–Trinajstić information content (AvgIpc) is 2.12. The molecule has 14 heavy (non-hydrogen) atoms. The molecule has 0 aromatic rings. The largest absolute Gasteiger partial charge is 0.346 e. The molecule has 3 nitrogen and oxygen atoms in total. The molecular formula is C10H19NO2S. The summed E-state index contributed by atoms with van der Waals surface area (Å²) in [5.74, 6) is 0.205. The minimum atomic E-state index is -0.467. The molecule has 0 unspecified atom stereocenters. The highest BCUT2D eigenvalue weighted by Crippen LogP contribution is 2.22. The van der Waals surface area contributed by atoms with Gasteiger partial charge < -0.3 is 5.32 Å². The van der Waals surface area contributed by atoms with E-state index in [0.717, 1.165) is 6.42 Å². The lowest BCUT2D eigenvalue weighted by atomic mass is 9.82. The molecule has 0 aromatic heterocycles. The topological polar surface area (TPSA) is 46.2 Å². The highest BCUT2D eigenvalue weighted by Gasteiger charge is 2.31. The quantitative estimate of drug-likeness (QED) is 0.684. The van der Waals surface area contributed by atoms with Crippen molar-refractivity contribution in [3.05, 3.63) is 0 Å². The summed E-state index contributed by atoms with van der Waals surface area (Å²) in [5, 5.41) is 2.60. The number of Topliss-reactive ketones (excluding diaryl/α,β-unsaturated/α-hetero) is 1. The lowest BCUT2D eigenvalue weighted by Crippen LogP contribution is -2.46. The fraction of sp³-hybridized carbons (Fsp3) is 0.800. The van der Waals surface area contributed by atoms with Crippen LogP contribution in [-0.2, 0) is 9.59 Å². The zero-order valence-corrected chi connectivity index (χ0v) is 10.1. The molecule has 0 saturated carbocycles.